The van der Waals surface area contributed by atoms with Crippen molar-refractivity contribution in [1.29, 1.82) is 0 Å². The summed E-state index contributed by atoms with van der Waals surface area (Å²) in [5, 5.41) is 32.9. The van der Waals surface area contributed by atoms with E-state index in [4.69, 9.17) is 0 Å². The molecule has 0 atom stereocenters. The lowest BCUT2D eigenvalue weighted by molar-refractivity contribution is -0.475. The number of nitro groups is 1. The summed E-state index contributed by atoms with van der Waals surface area (Å²) in [6.07, 6.45) is 0. The van der Waals surface area contributed by atoms with Crippen molar-refractivity contribution in [1.82, 2.24) is 19.7 Å². The molecule has 0 amide bonds. The lowest BCUT2D eigenvalue weighted by Gasteiger charge is -2.14. The number of rotatable bonds is 4. The Kier molecular flexibility index (Phi) is 4.36. The number of fused-ring (bicyclic) bond motifs is 3. The Morgan fingerprint density at radius 1 is 1.18 bits per heavy atom. The fourth-order valence-corrected chi connectivity index (χ4v) is 3.38. The molecule has 9 heteroatoms. The van der Waals surface area contributed by atoms with Crippen LogP contribution in [-0.4, -0.2) is 49.1 Å². The van der Waals surface area contributed by atoms with Crippen molar-refractivity contribution in [3.8, 4) is 5.69 Å². The number of benzene rings is 2. The molecule has 2 aromatic carbocycles. The van der Waals surface area contributed by atoms with Crippen molar-refractivity contribution in [2.45, 2.75) is 13.1 Å². The first kappa shape index (κ1) is 17.8. The van der Waals surface area contributed by atoms with E-state index >= 15 is 0 Å². The van der Waals surface area contributed by atoms with E-state index in [9.17, 15) is 15.3 Å². The number of nitrogens with zero attached hydrogens (tertiary/aromatic N) is 6. The first-order valence-electron chi connectivity index (χ1n) is 8.70. The molecule has 1 aliphatic rings. The summed E-state index contributed by atoms with van der Waals surface area (Å²) < 4.78 is 2.64. The maximum absolute atomic E-state index is 13.1. The average molecular weight is 378 g/mol. The number of hydroxylamine groups is 1. The zero-order valence-corrected chi connectivity index (χ0v) is 15.4. The maximum Gasteiger partial charge on any atom is 0.270 e. The van der Waals surface area contributed by atoms with Crippen molar-refractivity contribution in [3.05, 3.63) is 86.6 Å². The molecule has 0 radical (unpaired) electrons. The van der Waals surface area contributed by atoms with Gasteiger partial charge < -0.3 is 10.1 Å². The smallest absolute Gasteiger partial charge is 0.270 e. The number of hydrogen-bond donors (Lipinski definition) is 0. The standard InChI is InChI=1S/C19H18N6O3/c1-22(2)11-17-20-21-18-12-23(26)19(13-6-4-3-5-7-13)15-10-14(25(27)28)8-9-16(15)24(17)18/h3-10H,11-12H2,1-2H3. The van der Waals surface area contributed by atoms with Crippen LogP contribution in [0.5, 0.6) is 0 Å². The molecule has 0 spiro atoms. The molecule has 2 heterocycles. The molecule has 0 bridgehead atoms. The largest absolute Gasteiger partial charge is 0.623 e. The molecule has 0 saturated heterocycles. The Morgan fingerprint density at radius 2 is 1.93 bits per heavy atom. The van der Waals surface area contributed by atoms with Gasteiger partial charge in [0.2, 0.25) is 18.1 Å². The van der Waals surface area contributed by atoms with Gasteiger partial charge in [-0.25, -0.2) is 0 Å². The van der Waals surface area contributed by atoms with Crippen LogP contribution in [0.2, 0.25) is 0 Å². The minimum atomic E-state index is -0.462. The summed E-state index contributed by atoms with van der Waals surface area (Å²) in [5.41, 5.74) is 2.12. The van der Waals surface area contributed by atoms with Gasteiger partial charge in [0.05, 0.1) is 22.7 Å². The van der Waals surface area contributed by atoms with Crippen LogP contribution in [0.25, 0.3) is 5.69 Å². The van der Waals surface area contributed by atoms with E-state index in [0.717, 1.165) is 4.74 Å². The van der Waals surface area contributed by atoms with Crippen molar-refractivity contribution >= 4 is 11.4 Å². The fraction of sp³-hybridized carbons (Fsp3) is 0.211. The van der Waals surface area contributed by atoms with Crippen LogP contribution in [0.1, 0.15) is 22.8 Å². The van der Waals surface area contributed by atoms with E-state index in [1.54, 1.807) is 6.07 Å². The number of hydrogen-bond acceptors (Lipinski definition) is 6. The van der Waals surface area contributed by atoms with Gasteiger partial charge in [-0.2, -0.15) is 4.74 Å². The Labute approximate surface area is 160 Å². The minimum Gasteiger partial charge on any atom is -0.623 e. The predicted octanol–water partition coefficient (Wildman–Crippen LogP) is 2.10. The van der Waals surface area contributed by atoms with Crippen LogP contribution in [0.3, 0.4) is 0 Å². The zero-order chi connectivity index (χ0) is 19.8. The van der Waals surface area contributed by atoms with Gasteiger partial charge in [0, 0.05) is 17.7 Å². The summed E-state index contributed by atoms with van der Waals surface area (Å²) in [4.78, 5) is 12.9. The topological polar surface area (TPSA) is 103 Å². The summed E-state index contributed by atoms with van der Waals surface area (Å²) in [6.45, 7) is 0.510. The van der Waals surface area contributed by atoms with Gasteiger partial charge in [-0.3, -0.25) is 14.7 Å². The molecule has 0 unspecified atom stereocenters. The Bertz CT molecular complexity index is 1090. The van der Waals surface area contributed by atoms with Gasteiger partial charge in [-0.05, 0) is 32.3 Å². The fourth-order valence-electron chi connectivity index (χ4n) is 3.38. The van der Waals surface area contributed by atoms with Crippen LogP contribution in [0.15, 0.2) is 48.5 Å². The Balaban J connectivity index is 2.02. The summed E-state index contributed by atoms with van der Waals surface area (Å²) >= 11 is 0. The van der Waals surface area contributed by atoms with E-state index in [0.29, 0.717) is 40.7 Å². The monoisotopic (exact) mass is 378 g/mol. The number of aromatic nitrogens is 3. The van der Waals surface area contributed by atoms with E-state index < -0.39 is 4.92 Å². The van der Waals surface area contributed by atoms with Crippen LogP contribution in [-0.2, 0) is 13.1 Å². The highest BCUT2D eigenvalue weighted by molar-refractivity contribution is 6.12. The first-order chi connectivity index (χ1) is 13.5. The molecule has 3 aromatic rings. The lowest BCUT2D eigenvalue weighted by Crippen LogP contribution is -2.18. The molecule has 9 nitrogen and oxygen atoms in total. The Morgan fingerprint density at radius 3 is 2.61 bits per heavy atom. The highest BCUT2D eigenvalue weighted by Gasteiger charge is 2.30. The molecular weight excluding hydrogens is 360 g/mol. The SMILES string of the molecule is CN(C)Cc1nnc2n1-c1ccc([N+](=O)[O-])cc1C(c1ccccc1)=[N+]([O-])C2. The summed E-state index contributed by atoms with van der Waals surface area (Å²) in [7, 11) is 3.83. The molecule has 28 heavy (non-hydrogen) atoms. The zero-order valence-electron chi connectivity index (χ0n) is 15.4. The predicted molar refractivity (Wildman–Crippen MR) is 102 cm³/mol. The van der Waals surface area contributed by atoms with E-state index in [2.05, 4.69) is 10.2 Å². The van der Waals surface area contributed by atoms with Gasteiger partial charge in [-0.15, -0.1) is 10.2 Å². The third kappa shape index (κ3) is 3.01. The van der Waals surface area contributed by atoms with Gasteiger partial charge in [-0.1, -0.05) is 18.2 Å². The molecule has 0 saturated carbocycles. The highest BCUT2D eigenvalue weighted by atomic mass is 16.6. The second kappa shape index (κ2) is 6.86. The van der Waals surface area contributed by atoms with E-state index in [1.807, 2.05) is 53.9 Å². The molecule has 4 rings (SSSR count). The van der Waals surface area contributed by atoms with Crippen molar-refractivity contribution in [2.75, 3.05) is 14.1 Å². The first-order valence-corrected chi connectivity index (χ1v) is 8.70. The van der Waals surface area contributed by atoms with Crippen LogP contribution < -0.4 is 0 Å². The molecular formula is C19H18N6O3. The van der Waals surface area contributed by atoms with Gasteiger partial charge in [0.1, 0.15) is 0 Å². The van der Waals surface area contributed by atoms with Crippen molar-refractivity contribution in [2.24, 2.45) is 0 Å². The second-order valence-electron chi connectivity index (χ2n) is 6.82. The summed E-state index contributed by atoms with van der Waals surface area (Å²) in [6, 6.07) is 13.7. The summed E-state index contributed by atoms with van der Waals surface area (Å²) in [5.74, 6) is 1.16. The highest BCUT2D eigenvalue weighted by Crippen LogP contribution is 2.29. The maximum atomic E-state index is 13.1. The molecule has 1 aliphatic heterocycles. The minimum absolute atomic E-state index is 0.00681. The second-order valence-corrected chi connectivity index (χ2v) is 6.82. The average Bonchev–Trinajstić information content (AvgIpc) is 2.98. The molecule has 0 N–H and O–H groups in total. The third-order valence-corrected chi connectivity index (χ3v) is 4.52. The van der Waals surface area contributed by atoms with Crippen molar-refractivity contribution in [3.63, 3.8) is 0 Å². The Hall–Kier alpha value is -3.59. The van der Waals surface area contributed by atoms with Gasteiger partial charge >= 0.3 is 0 Å². The van der Waals surface area contributed by atoms with E-state index in [-0.39, 0.29) is 12.2 Å². The quantitative estimate of drug-likeness (QED) is 0.298. The van der Waals surface area contributed by atoms with E-state index in [1.165, 1.54) is 12.1 Å². The lowest BCUT2D eigenvalue weighted by atomic mass is 9.99. The van der Waals surface area contributed by atoms with Crippen LogP contribution >= 0.6 is 0 Å². The molecule has 0 fully saturated rings. The third-order valence-electron chi connectivity index (χ3n) is 4.52. The van der Waals surface area contributed by atoms with Crippen molar-refractivity contribution < 1.29 is 9.66 Å². The number of non-ortho nitro benzene ring substituents is 1. The normalized spacial score (nSPS) is 13.2. The number of nitro benzene ring substituents is 1. The molecule has 0 aliphatic carbocycles. The molecule has 1 aromatic heterocycles. The van der Waals surface area contributed by atoms with Gasteiger partial charge in [0.15, 0.2) is 5.82 Å². The molecule has 142 valence electrons. The van der Waals surface area contributed by atoms with Crippen LogP contribution in [0.4, 0.5) is 5.69 Å². The van der Waals surface area contributed by atoms with Crippen LogP contribution in [0, 0.1) is 15.3 Å². The van der Waals surface area contributed by atoms with Gasteiger partial charge in [0.25, 0.3) is 5.69 Å².